The Bertz CT molecular complexity index is 643. The topological polar surface area (TPSA) is 40.5 Å². The predicted octanol–water partition coefficient (Wildman–Crippen LogP) is 6.59. The van der Waals surface area contributed by atoms with Crippen molar-refractivity contribution in [1.82, 2.24) is 0 Å². The van der Waals surface area contributed by atoms with Crippen LogP contribution in [0.3, 0.4) is 0 Å². The molecule has 0 amide bonds. The van der Waals surface area contributed by atoms with Crippen molar-refractivity contribution in [3.8, 4) is 0 Å². The number of allylic oxidation sites excluding steroid dienone is 3. The molecule has 0 heterocycles. The Hall–Kier alpha value is -0.860. The van der Waals surface area contributed by atoms with Crippen LogP contribution in [0.15, 0.2) is 35.5 Å². The highest BCUT2D eigenvalue weighted by molar-refractivity contribution is 5.38. The van der Waals surface area contributed by atoms with Crippen LogP contribution in [0, 0.1) is 29.1 Å². The van der Waals surface area contributed by atoms with Crippen molar-refractivity contribution in [3.63, 3.8) is 0 Å². The maximum absolute atomic E-state index is 10.1. The van der Waals surface area contributed by atoms with Crippen molar-refractivity contribution in [3.05, 3.63) is 35.5 Å². The number of hydrogen-bond acceptors (Lipinski definition) is 2. The Morgan fingerprint density at radius 1 is 1.14 bits per heavy atom. The third-order valence-electron chi connectivity index (χ3n) is 8.43. The summed E-state index contributed by atoms with van der Waals surface area (Å²) in [5.74, 6) is 3.20. The summed E-state index contributed by atoms with van der Waals surface area (Å²) in [6.45, 7) is 13.8. The fraction of sp³-hybridized carbons (Fsp3) is 0.778. The van der Waals surface area contributed by atoms with Gasteiger partial charge in [-0.25, -0.2) is 0 Å². The van der Waals surface area contributed by atoms with Crippen LogP contribution in [0.4, 0.5) is 0 Å². The van der Waals surface area contributed by atoms with Crippen molar-refractivity contribution in [1.29, 1.82) is 0 Å². The average molecular weight is 401 g/mol. The molecule has 3 fully saturated rings. The van der Waals surface area contributed by atoms with Crippen LogP contribution in [-0.4, -0.2) is 22.4 Å². The summed E-state index contributed by atoms with van der Waals surface area (Å²) in [6, 6.07) is 0. The second kappa shape index (κ2) is 9.52. The SMILES string of the molecule is C=C1/C(=C\C=C2/CCC[C@]3(C)[C@@H]([C@H](C)CCCC(C)C)CC[C@@H]23)CC(O)C[C@@H]1O. The molecule has 29 heavy (non-hydrogen) atoms. The Balaban J connectivity index is 1.71. The van der Waals surface area contributed by atoms with E-state index in [2.05, 4.69) is 46.4 Å². The molecule has 6 atom stereocenters. The lowest BCUT2D eigenvalue weighted by molar-refractivity contribution is 0.0861. The largest absolute Gasteiger partial charge is 0.393 e. The maximum Gasteiger partial charge on any atom is 0.0811 e. The quantitative estimate of drug-likeness (QED) is 0.528. The minimum absolute atomic E-state index is 0.420. The summed E-state index contributed by atoms with van der Waals surface area (Å²) >= 11 is 0. The molecule has 2 heteroatoms. The number of fused-ring (bicyclic) bond motifs is 1. The molecule has 0 bridgehead atoms. The maximum atomic E-state index is 10.1. The van der Waals surface area contributed by atoms with Crippen LogP contribution < -0.4 is 0 Å². The van der Waals surface area contributed by atoms with Crippen molar-refractivity contribution in [2.45, 2.75) is 104 Å². The van der Waals surface area contributed by atoms with E-state index in [1.807, 2.05) is 0 Å². The van der Waals surface area contributed by atoms with Gasteiger partial charge in [-0.3, -0.25) is 0 Å². The molecule has 3 aliphatic rings. The van der Waals surface area contributed by atoms with Gasteiger partial charge in [-0.1, -0.05) is 71.3 Å². The van der Waals surface area contributed by atoms with Gasteiger partial charge in [-0.15, -0.1) is 0 Å². The second-order valence-electron chi connectivity index (χ2n) is 11.0. The van der Waals surface area contributed by atoms with E-state index in [1.54, 1.807) is 5.57 Å². The molecule has 3 rings (SSSR count). The van der Waals surface area contributed by atoms with Gasteiger partial charge in [0.05, 0.1) is 12.2 Å². The first-order valence-electron chi connectivity index (χ1n) is 12.2. The molecule has 1 unspecified atom stereocenters. The smallest absolute Gasteiger partial charge is 0.0811 e. The number of hydrogen-bond donors (Lipinski definition) is 2. The van der Waals surface area contributed by atoms with E-state index in [1.165, 1.54) is 51.4 Å². The van der Waals surface area contributed by atoms with Gasteiger partial charge in [0, 0.05) is 6.42 Å². The van der Waals surface area contributed by atoms with Gasteiger partial charge >= 0.3 is 0 Å². The predicted molar refractivity (Wildman–Crippen MR) is 123 cm³/mol. The third kappa shape index (κ3) is 5.07. The summed E-state index contributed by atoms with van der Waals surface area (Å²) in [4.78, 5) is 0. The minimum Gasteiger partial charge on any atom is -0.393 e. The molecule has 0 radical (unpaired) electrons. The molecule has 0 spiro atoms. The summed E-state index contributed by atoms with van der Waals surface area (Å²) in [5.41, 5.74) is 3.88. The van der Waals surface area contributed by atoms with Gasteiger partial charge in [-0.05, 0) is 78.8 Å². The first kappa shape index (κ1) is 22.8. The molecule has 0 saturated heterocycles. The van der Waals surface area contributed by atoms with Crippen LogP contribution >= 0.6 is 0 Å². The van der Waals surface area contributed by atoms with Gasteiger partial charge in [-0.2, -0.15) is 0 Å². The zero-order chi connectivity index (χ0) is 21.2. The highest BCUT2D eigenvalue weighted by Crippen LogP contribution is 2.59. The normalized spacial score (nSPS) is 39.3. The molecule has 2 N–H and O–H groups in total. The Morgan fingerprint density at radius 3 is 2.62 bits per heavy atom. The van der Waals surface area contributed by atoms with Crippen LogP contribution in [-0.2, 0) is 0 Å². The fourth-order valence-corrected chi connectivity index (χ4v) is 6.73. The molecule has 3 saturated carbocycles. The number of rotatable bonds is 6. The van der Waals surface area contributed by atoms with Gasteiger partial charge in [0.2, 0.25) is 0 Å². The molecule has 164 valence electrons. The van der Waals surface area contributed by atoms with Crippen LogP contribution in [0.2, 0.25) is 0 Å². The average Bonchev–Trinajstić information content (AvgIpc) is 3.00. The minimum atomic E-state index is -0.595. The van der Waals surface area contributed by atoms with Gasteiger partial charge in [0.15, 0.2) is 0 Å². The zero-order valence-electron chi connectivity index (χ0n) is 19.3. The number of aliphatic hydroxyl groups excluding tert-OH is 2. The van der Waals surface area contributed by atoms with E-state index in [-0.39, 0.29) is 0 Å². The van der Waals surface area contributed by atoms with Crippen molar-refractivity contribution in [2.24, 2.45) is 29.1 Å². The first-order chi connectivity index (χ1) is 13.7. The van der Waals surface area contributed by atoms with Crippen LogP contribution in [0.1, 0.15) is 91.9 Å². The van der Waals surface area contributed by atoms with Crippen LogP contribution in [0.25, 0.3) is 0 Å². The highest BCUT2D eigenvalue weighted by atomic mass is 16.3. The summed E-state index contributed by atoms with van der Waals surface area (Å²) in [6.07, 6.45) is 15.2. The van der Waals surface area contributed by atoms with E-state index in [0.29, 0.717) is 24.2 Å². The molecule has 0 aromatic carbocycles. The highest BCUT2D eigenvalue weighted by Gasteiger charge is 2.50. The van der Waals surface area contributed by atoms with Crippen molar-refractivity contribution in [2.75, 3.05) is 0 Å². The van der Waals surface area contributed by atoms with E-state index in [4.69, 9.17) is 0 Å². The molecule has 0 aromatic heterocycles. The Kier molecular flexibility index (Phi) is 7.49. The standard InChI is InChI=1S/C27H44O2/c1-18(2)8-6-9-19(3)24-13-14-25-21(10-7-15-27(24,25)5)11-12-22-16-23(28)17-26(29)20(22)4/h11-12,18-19,23-26,28-29H,4,6-10,13-17H2,1-3,5H3/b21-11+,22-12-/t19-,23?,24-,25+,26+,27-/m1/s1. The van der Waals surface area contributed by atoms with Gasteiger partial charge < -0.3 is 10.2 Å². The van der Waals surface area contributed by atoms with Gasteiger partial charge in [0.1, 0.15) is 0 Å². The lowest BCUT2D eigenvalue weighted by atomic mass is 9.60. The Labute approximate surface area is 179 Å². The summed E-state index contributed by atoms with van der Waals surface area (Å²) in [7, 11) is 0. The molecular formula is C27H44O2. The van der Waals surface area contributed by atoms with Crippen LogP contribution in [0.5, 0.6) is 0 Å². The fourth-order valence-electron chi connectivity index (χ4n) is 6.73. The summed E-state index contributed by atoms with van der Waals surface area (Å²) in [5, 5.41) is 20.2. The molecule has 0 aliphatic heterocycles. The molecule has 0 aromatic rings. The van der Waals surface area contributed by atoms with Crippen molar-refractivity contribution >= 4 is 0 Å². The number of aliphatic hydroxyl groups is 2. The monoisotopic (exact) mass is 400 g/mol. The molecular weight excluding hydrogens is 356 g/mol. The lowest BCUT2D eigenvalue weighted by Gasteiger charge is -2.44. The van der Waals surface area contributed by atoms with E-state index >= 15 is 0 Å². The summed E-state index contributed by atoms with van der Waals surface area (Å²) < 4.78 is 0. The molecule has 3 aliphatic carbocycles. The van der Waals surface area contributed by atoms with E-state index in [9.17, 15) is 10.2 Å². The first-order valence-corrected chi connectivity index (χ1v) is 12.2. The Morgan fingerprint density at radius 2 is 1.90 bits per heavy atom. The van der Waals surface area contributed by atoms with Crippen molar-refractivity contribution < 1.29 is 10.2 Å². The molecule has 2 nitrogen and oxygen atoms in total. The third-order valence-corrected chi connectivity index (χ3v) is 8.43. The van der Waals surface area contributed by atoms with Gasteiger partial charge in [0.25, 0.3) is 0 Å². The second-order valence-corrected chi connectivity index (χ2v) is 11.0. The lowest BCUT2D eigenvalue weighted by Crippen LogP contribution is -2.36. The zero-order valence-corrected chi connectivity index (χ0v) is 19.3. The van der Waals surface area contributed by atoms with E-state index in [0.717, 1.165) is 28.9 Å². The van der Waals surface area contributed by atoms with E-state index < -0.39 is 12.2 Å².